The Hall–Kier alpha value is -1.30. The summed E-state index contributed by atoms with van der Waals surface area (Å²) in [7, 11) is 0. The van der Waals surface area contributed by atoms with Crippen LogP contribution >= 0.6 is 0 Å². The van der Waals surface area contributed by atoms with Crippen molar-refractivity contribution in [1.82, 2.24) is 4.90 Å². The summed E-state index contributed by atoms with van der Waals surface area (Å²) in [5, 5.41) is 0. The summed E-state index contributed by atoms with van der Waals surface area (Å²) in [6, 6.07) is 10.4. The van der Waals surface area contributed by atoms with Crippen molar-refractivity contribution < 1.29 is 0 Å². The maximum Gasteiger partial charge on any atom is 0.0605 e. The molecule has 2 unspecified atom stereocenters. The van der Waals surface area contributed by atoms with Crippen LogP contribution < -0.4 is 5.73 Å². The number of rotatable bonds is 1. The number of benzene rings is 1. The molecule has 2 heteroatoms. The molecule has 0 radical (unpaired) electrons. The van der Waals surface area contributed by atoms with Crippen LogP contribution in [0, 0.1) is 17.8 Å². The van der Waals surface area contributed by atoms with Gasteiger partial charge in [-0.2, -0.15) is 0 Å². The van der Waals surface area contributed by atoms with Gasteiger partial charge in [0.05, 0.1) is 6.54 Å². The zero-order valence-electron chi connectivity index (χ0n) is 10.4. The smallest absolute Gasteiger partial charge is 0.0605 e. The van der Waals surface area contributed by atoms with Crippen molar-refractivity contribution in [1.29, 1.82) is 0 Å². The van der Waals surface area contributed by atoms with E-state index in [0.29, 0.717) is 12.0 Å². The van der Waals surface area contributed by atoms with Crippen molar-refractivity contribution in [3.05, 3.63) is 35.9 Å². The third-order valence-electron chi connectivity index (χ3n) is 3.08. The molecular weight excluding hydrogens is 208 g/mol. The molecule has 2 nitrogen and oxygen atoms in total. The first-order valence-corrected chi connectivity index (χ1v) is 6.26. The Labute approximate surface area is 104 Å². The number of piperidine rings is 1. The highest BCUT2D eigenvalue weighted by molar-refractivity contribution is 5.33. The van der Waals surface area contributed by atoms with Crippen LogP contribution in [0.2, 0.25) is 0 Å². The molecule has 1 aromatic carbocycles. The van der Waals surface area contributed by atoms with Gasteiger partial charge in [0.25, 0.3) is 0 Å². The van der Waals surface area contributed by atoms with Crippen molar-refractivity contribution in [2.45, 2.75) is 19.4 Å². The van der Waals surface area contributed by atoms with E-state index >= 15 is 0 Å². The normalized spacial score (nSPS) is 25.1. The van der Waals surface area contributed by atoms with E-state index in [1.165, 1.54) is 0 Å². The third kappa shape index (κ3) is 3.89. The van der Waals surface area contributed by atoms with Gasteiger partial charge in [-0.3, -0.25) is 4.90 Å². The molecule has 0 spiro atoms. The van der Waals surface area contributed by atoms with E-state index in [1.807, 2.05) is 30.3 Å². The lowest BCUT2D eigenvalue weighted by molar-refractivity contribution is 0.183. The molecule has 2 N–H and O–H groups in total. The highest BCUT2D eigenvalue weighted by Crippen LogP contribution is 2.14. The zero-order chi connectivity index (χ0) is 12.1. The van der Waals surface area contributed by atoms with E-state index in [-0.39, 0.29) is 0 Å². The predicted molar refractivity (Wildman–Crippen MR) is 71.5 cm³/mol. The van der Waals surface area contributed by atoms with Gasteiger partial charge < -0.3 is 5.73 Å². The quantitative estimate of drug-likeness (QED) is 0.741. The third-order valence-corrected chi connectivity index (χ3v) is 3.08. The molecule has 1 fully saturated rings. The van der Waals surface area contributed by atoms with Gasteiger partial charge in [0.15, 0.2) is 0 Å². The summed E-state index contributed by atoms with van der Waals surface area (Å²) in [6.45, 7) is 5.19. The molecule has 90 valence electrons. The number of likely N-dealkylation sites (tertiary alicyclic amines) is 1. The van der Waals surface area contributed by atoms with E-state index < -0.39 is 0 Å². The van der Waals surface area contributed by atoms with Gasteiger partial charge in [-0.1, -0.05) is 37.0 Å². The van der Waals surface area contributed by atoms with Gasteiger partial charge in [0.1, 0.15) is 0 Å². The Bertz CT molecular complexity index is 392. The molecule has 0 amide bonds. The minimum atomic E-state index is 0.317. The second-order valence-electron chi connectivity index (χ2n) is 4.96. The van der Waals surface area contributed by atoms with Crippen molar-refractivity contribution in [3.8, 4) is 11.8 Å². The van der Waals surface area contributed by atoms with E-state index in [9.17, 15) is 0 Å². The van der Waals surface area contributed by atoms with Gasteiger partial charge in [-0.05, 0) is 24.5 Å². The summed E-state index contributed by atoms with van der Waals surface area (Å²) in [6.07, 6.45) is 1.14. The molecule has 1 aliphatic rings. The average molecular weight is 228 g/mol. The lowest BCUT2D eigenvalue weighted by Crippen LogP contribution is -2.46. The fourth-order valence-corrected chi connectivity index (χ4v) is 2.42. The van der Waals surface area contributed by atoms with E-state index in [2.05, 4.69) is 23.7 Å². The molecule has 1 heterocycles. The number of nitrogens with zero attached hydrogens (tertiary/aromatic N) is 1. The maximum atomic E-state index is 6.01. The van der Waals surface area contributed by atoms with Crippen LogP contribution in [0.25, 0.3) is 0 Å². The van der Waals surface area contributed by atoms with Gasteiger partial charge in [0, 0.05) is 24.7 Å². The van der Waals surface area contributed by atoms with E-state index in [0.717, 1.165) is 31.6 Å². The Morgan fingerprint density at radius 2 is 2.06 bits per heavy atom. The van der Waals surface area contributed by atoms with Crippen molar-refractivity contribution in [2.24, 2.45) is 11.7 Å². The largest absolute Gasteiger partial charge is 0.327 e. The number of hydrogen-bond donors (Lipinski definition) is 1. The second-order valence-corrected chi connectivity index (χ2v) is 4.96. The SMILES string of the molecule is CC1CC(N)CN(CC#Cc2ccccc2)C1. The molecule has 1 aliphatic heterocycles. The average Bonchev–Trinajstić information content (AvgIpc) is 2.29. The Kier molecular flexibility index (Phi) is 4.19. The summed E-state index contributed by atoms with van der Waals surface area (Å²) in [5.41, 5.74) is 7.09. The van der Waals surface area contributed by atoms with E-state index in [4.69, 9.17) is 5.73 Å². The molecule has 2 atom stereocenters. The molecule has 0 aliphatic carbocycles. The highest BCUT2D eigenvalue weighted by Gasteiger charge is 2.20. The monoisotopic (exact) mass is 228 g/mol. The van der Waals surface area contributed by atoms with Crippen molar-refractivity contribution in [2.75, 3.05) is 19.6 Å². The molecule has 17 heavy (non-hydrogen) atoms. The molecule has 0 aromatic heterocycles. The zero-order valence-corrected chi connectivity index (χ0v) is 10.4. The van der Waals surface area contributed by atoms with Crippen LogP contribution in [0.1, 0.15) is 18.9 Å². The van der Waals surface area contributed by atoms with Gasteiger partial charge in [0.2, 0.25) is 0 Å². The molecule has 1 aromatic rings. The van der Waals surface area contributed by atoms with Crippen molar-refractivity contribution >= 4 is 0 Å². The van der Waals surface area contributed by atoms with Gasteiger partial charge >= 0.3 is 0 Å². The summed E-state index contributed by atoms with van der Waals surface area (Å²) in [5.74, 6) is 7.11. The molecule has 0 bridgehead atoms. The summed E-state index contributed by atoms with van der Waals surface area (Å²) < 4.78 is 0. The van der Waals surface area contributed by atoms with Crippen molar-refractivity contribution in [3.63, 3.8) is 0 Å². The fourth-order valence-electron chi connectivity index (χ4n) is 2.42. The van der Waals surface area contributed by atoms with Crippen LogP contribution in [0.15, 0.2) is 30.3 Å². The lowest BCUT2D eigenvalue weighted by Gasteiger charge is -2.33. The standard InChI is InChI=1S/C15H20N2/c1-13-10-15(16)12-17(11-13)9-5-8-14-6-3-2-4-7-14/h2-4,6-7,13,15H,9-12,16H2,1H3. The number of hydrogen-bond acceptors (Lipinski definition) is 2. The molecule has 2 rings (SSSR count). The lowest BCUT2D eigenvalue weighted by atomic mass is 9.97. The molecular formula is C15H20N2. The van der Waals surface area contributed by atoms with Crippen LogP contribution in [-0.2, 0) is 0 Å². The first-order valence-electron chi connectivity index (χ1n) is 6.26. The predicted octanol–water partition coefficient (Wildman–Crippen LogP) is 1.71. The first kappa shape index (κ1) is 12.2. The summed E-state index contributed by atoms with van der Waals surface area (Å²) in [4.78, 5) is 2.36. The topological polar surface area (TPSA) is 29.3 Å². The fraction of sp³-hybridized carbons (Fsp3) is 0.467. The van der Waals surface area contributed by atoms with Crippen LogP contribution in [0.5, 0.6) is 0 Å². The number of nitrogens with two attached hydrogens (primary N) is 1. The van der Waals surface area contributed by atoms with Crippen LogP contribution in [0.4, 0.5) is 0 Å². The highest BCUT2D eigenvalue weighted by atomic mass is 15.1. The minimum absolute atomic E-state index is 0.317. The Morgan fingerprint density at radius 1 is 1.29 bits per heavy atom. The summed E-state index contributed by atoms with van der Waals surface area (Å²) >= 11 is 0. The minimum Gasteiger partial charge on any atom is -0.327 e. The molecule has 1 saturated heterocycles. The van der Waals surface area contributed by atoms with Gasteiger partial charge in [-0.15, -0.1) is 0 Å². The second kappa shape index (κ2) is 5.86. The van der Waals surface area contributed by atoms with Gasteiger partial charge in [-0.25, -0.2) is 0 Å². The Balaban J connectivity index is 1.88. The Morgan fingerprint density at radius 3 is 2.76 bits per heavy atom. The first-order chi connectivity index (χ1) is 8.24. The van der Waals surface area contributed by atoms with Crippen LogP contribution in [-0.4, -0.2) is 30.6 Å². The molecule has 0 saturated carbocycles. The maximum absolute atomic E-state index is 6.01. The van der Waals surface area contributed by atoms with Crippen LogP contribution in [0.3, 0.4) is 0 Å². The van der Waals surface area contributed by atoms with E-state index in [1.54, 1.807) is 0 Å².